The number of hydrogen-bond acceptors (Lipinski definition) is 6. The second-order valence-corrected chi connectivity index (χ2v) is 13.1. The molecule has 8 nitrogen and oxygen atoms in total. The zero-order valence-corrected chi connectivity index (χ0v) is 29.9. The third-order valence-corrected chi connectivity index (χ3v) is 7.81. The predicted molar refractivity (Wildman–Crippen MR) is 188 cm³/mol. The van der Waals surface area contributed by atoms with Gasteiger partial charge in [-0.25, -0.2) is 4.57 Å². The van der Waals surface area contributed by atoms with E-state index in [1.807, 2.05) is 6.08 Å². The fourth-order valence-electron chi connectivity index (χ4n) is 4.60. The first kappa shape index (κ1) is 44.0. The second kappa shape index (κ2) is 32.9. The van der Waals surface area contributed by atoms with Gasteiger partial charge in [0, 0.05) is 12.8 Å². The van der Waals surface area contributed by atoms with Gasteiger partial charge in [0.1, 0.15) is 6.61 Å². The molecule has 0 heterocycles. The summed E-state index contributed by atoms with van der Waals surface area (Å²) in [5.74, 6) is -0.962. The Morgan fingerprint density at radius 1 is 0.565 bits per heavy atom. The van der Waals surface area contributed by atoms with Gasteiger partial charge in [0.15, 0.2) is 6.10 Å². The zero-order chi connectivity index (χ0) is 34.0. The monoisotopic (exact) mass is 668 g/mol. The fraction of sp³-hybridized carbons (Fsp3) is 0.730. The molecule has 0 fully saturated rings. The van der Waals surface area contributed by atoms with Crippen LogP contribution < -0.4 is 0 Å². The summed E-state index contributed by atoms with van der Waals surface area (Å²) < 4.78 is 26.2. The summed E-state index contributed by atoms with van der Waals surface area (Å²) in [7, 11) is -4.76. The maximum Gasteiger partial charge on any atom is 0.469 e. The first-order valence-corrected chi connectivity index (χ1v) is 19.5. The summed E-state index contributed by atoms with van der Waals surface area (Å²) >= 11 is 0. The zero-order valence-electron chi connectivity index (χ0n) is 29.0. The molecule has 266 valence electrons. The van der Waals surface area contributed by atoms with Gasteiger partial charge in [0.2, 0.25) is 0 Å². The lowest BCUT2D eigenvalue weighted by molar-refractivity contribution is -0.161. The Hall–Kier alpha value is -1.99. The molecule has 9 heteroatoms. The van der Waals surface area contributed by atoms with Crippen LogP contribution in [0.1, 0.15) is 155 Å². The number of allylic oxidation sites excluding steroid dienone is 8. The maximum atomic E-state index is 12.3. The predicted octanol–water partition coefficient (Wildman–Crippen LogP) is 10.4. The quantitative estimate of drug-likeness (QED) is 0.0315. The van der Waals surface area contributed by atoms with Crippen molar-refractivity contribution in [3.05, 3.63) is 48.6 Å². The lowest BCUT2D eigenvalue weighted by Gasteiger charge is -2.18. The highest BCUT2D eigenvalue weighted by atomic mass is 31.2. The SMILES string of the molecule is CCCC/C=C/CCCCCCCC(=O)O[C@H](COC(=O)CCC/C=C/C/C=C/C/C=C/CCCCCCCC)COP(=O)(O)O. The smallest absolute Gasteiger partial charge is 0.462 e. The Balaban J connectivity index is 4.09. The van der Waals surface area contributed by atoms with E-state index in [1.165, 1.54) is 51.4 Å². The number of ether oxygens (including phenoxy) is 2. The Labute approximate surface area is 280 Å². The number of phosphoric ester groups is 1. The Morgan fingerprint density at radius 2 is 1.02 bits per heavy atom. The topological polar surface area (TPSA) is 119 Å². The lowest BCUT2D eigenvalue weighted by Crippen LogP contribution is -2.29. The molecule has 46 heavy (non-hydrogen) atoms. The van der Waals surface area contributed by atoms with Gasteiger partial charge in [-0.1, -0.05) is 127 Å². The summed E-state index contributed by atoms with van der Waals surface area (Å²) in [5, 5.41) is 0. The molecule has 0 aromatic rings. The van der Waals surface area contributed by atoms with E-state index >= 15 is 0 Å². The van der Waals surface area contributed by atoms with Crippen molar-refractivity contribution in [3.8, 4) is 0 Å². The minimum Gasteiger partial charge on any atom is -0.462 e. The normalized spacial score (nSPS) is 13.0. The number of carbonyl (C=O) groups is 2. The molecule has 0 aliphatic heterocycles. The van der Waals surface area contributed by atoms with E-state index in [2.05, 4.69) is 60.9 Å². The first-order chi connectivity index (χ1) is 22.3. The fourth-order valence-corrected chi connectivity index (χ4v) is 4.96. The van der Waals surface area contributed by atoms with Crippen molar-refractivity contribution in [3.63, 3.8) is 0 Å². The molecule has 0 aliphatic rings. The Morgan fingerprint density at radius 3 is 1.61 bits per heavy atom. The molecule has 0 aliphatic carbocycles. The lowest BCUT2D eigenvalue weighted by atomic mass is 10.1. The minimum absolute atomic E-state index is 0.189. The van der Waals surface area contributed by atoms with Gasteiger partial charge in [-0.2, -0.15) is 0 Å². The van der Waals surface area contributed by atoms with Crippen molar-refractivity contribution in [2.45, 2.75) is 161 Å². The van der Waals surface area contributed by atoms with E-state index < -0.39 is 32.5 Å². The van der Waals surface area contributed by atoms with Crippen LogP contribution in [0.4, 0.5) is 0 Å². The van der Waals surface area contributed by atoms with Crippen LogP contribution in [0.3, 0.4) is 0 Å². The standard InChI is InChI=1S/C37H65O8P/c1-3-5-7-9-11-13-15-16-17-18-19-20-22-23-25-27-29-31-36(38)43-33-35(34-44-46(40,41)42)45-37(39)32-30-28-26-24-21-14-12-10-8-6-4-2/h10,12,16-17,19-20,23,25,35H,3-9,11,13-15,18,21-22,24,26-34H2,1-2H3,(H2,40,41,42)/b12-10+,17-16+,20-19+,25-23+/t35-/m1/s1. The summed E-state index contributed by atoms with van der Waals surface area (Å²) in [6.07, 6.45) is 38.4. The number of rotatable bonds is 32. The highest BCUT2D eigenvalue weighted by Gasteiger charge is 2.22. The van der Waals surface area contributed by atoms with E-state index in [0.717, 1.165) is 64.2 Å². The summed E-state index contributed by atoms with van der Waals surface area (Å²) in [6.45, 7) is 3.56. The molecule has 1 atom stereocenters. The van der Waals surface area contributed by atoms with Crippen LogP contribution in [0.15, 0.2) is 48.6 Å². The Bertz CT molecular complexity index is 890. The summed E-state index contributed by atoms with van der Waals surface area (Å²) in [6, 6.07) is 0. The van der Waals surface area contributed by atoms with Gasteiger partial charge >= 0.3 is 19.8 Å². The number of carbonyl (C=O) groups excluding carboxylic acids is 2. The molecule has 0 aromatic carbocycles. The van der Waals surface area contributed by atoms with Gasteiger partial charge in [-0.15, -0.1) is 0 Å². The van der Waals surface area contributed by atoms with Crippen LogP contribution in [0, 0.1) is 0 Å². The highest BCUT2D eigenvalue weighted by Crippen LogP contribution is 2.35. The molecule has 0 rings (SSSR count). The van der Waals surface area contributed by atoms with E-state index in [0.29, 0.717) is 12.8 Å². The molecular formula is C37H65O8P. The van der Waals surface area contributed by atoms with Gasteiger partial charge in [0.05, 0.1) is 6.61 Å². The second-order valence-electron chi connectivity index (χ2n) is 11.8. The van der Waals surface area contributed by atoms with Gasteiger partial charge in [0.25, 0.3) is 0 Å². The third kappa shape index (κ3) is 34.9. The Kier molecular flexibility index (Phi) is 31.5. The average molecular weight is 669 g/mol. The molecule has 0 radical (unpaired) electrons. The molecule has 0 spiro atoms. The van der Waals surface area contributed by atoms with Crippen LogP contribution in [-0.2, 0) is 28.2 Å². The molecule has 0 amide bonds. The molecule has 0 bridgehead atoms. The van der Waals surface area contributed by atoms with Crippen LogP contribution in [0.2, 0.25) is 0 Å². The molecule has 0 aromatic heterocycles. The third-order valence-electron chi connectivity index (χ3n) is 7.32. The number of esters is 2. The minimum atomic E-state index is -4.76. The number of hydrogen-bond donors (Lipinski definition) is 2. The summed E-state index contributed by atoms with van der Waals surface area (Å²) in [5.41, 5.74) is 0. The molecule has 0 saturated carbocycles. The van der Waals surface area contributed by atoms with Gasteiger partial charge in [-0.3, -0.25) is 14.1 Å². The van der Waals surface area contributed by atoms with Crippen molar-refractivity contribution in [2.75, 3.05) is 13.2 Å². The molecular weight excluding hydrogens is 603 g/mol. The van der Waals surface area contributed by atoms with E-state index in [9.17, 15) is 14.2 Å². The van der Waals surface area contributed by atoms with Crippen molar-refractivity contribution in [2.24, 2.45) is 0 Å². The van der Waals surface area contributed by atoms with Crippen molar-refractivity contribution in [1.82, 2.24) is 0 Å². The average Bonchev–Trinajstić information content (AvgIpc) is 3.02. The summed E-state index contributed by atoms with van der Waals surface area (Å²) in [4.78, 5) is 42.5. The largest absolute Gasteiger partial charge is 0.469 e. The van der Waals surface area contributed by atoms with Crippen LogP contribution in [0.25, 0.3) is 0 Å². The van der Waals surface area contributed by atoms with E-state index in [1.54, 1.807) is 0 Å². The van der Waals surface area contributed by atoms with E-state index in [-0.39, 0.29) is 19.4 Å². The molecule has 2 N–H and O–H groups in total. The highest BCUT2D eigenvalue weighted by molar-refractivity contribution is 7.46. The van der Waals surface area contributed by atoms with E-state index in [4.69, 9.17) is 19.3 Å². The van der Waals surface area contributed by atoms with Crippen LogP contribution in [0.5, 0.6) is 0 Å². The first-order valence-electron chi connectivity index (χ1n) is 17.9. The molecule has 0 unspecified atom stereocenters. The number of unbranched alkanes of at least 4 members (excludes halogenated alkanes) is 14. The van der Waals surface area contributed by atoms with Crippen molar-refractivity contribution in [1.29, 1.82) is 0 Å². The van der Waals surface area contributed by atoms with Crippen molar-refractivity contribution >= 4 is 19.8 Å². The van der Waals surface area contributed by atoms with Crippen LogP contribution in [-0.4, -0.2) is 41.0 Å². The van der Waals surface area contributed by atoms with Crippen LogP contribution >= 0.6 is 7.82 Å². The number of phosphoric acid groups is 1. The molecule has 0 saturated heterocycles. The van der Waals surface area contributed by atoms with Gasteiger partial charge < -0.3 is 19.3 Å². The van der Waals surface area contributed by atoms with Gasteiger partial charge in [-0.05, 0) is 64.2 Å². The van der Waals surface area contributed by atoms with Crippen molar-refractivity contribution < 1.29 is 37.9 Å². The maximum absolute atomic E-state index is 12.3.